The van der Waals surface area contributed by atoms with Crippen molar-refractivity contribution in [1.29, 1.82) is 0 Å². The average Bonchev–Trinajstić information content (AvgIpc) is 2.91. The second-order valence-corrected chi connectivity index (χ2v) is 5.12. The summed E-state index contributed by atoms with van der Waals surface area (Å²) in [5.74, 6) is -1.22. The number of carboxylic acids is 1. The molecule has 1 aliphatic rings. The number of hydrogen-bond acceptors (Lipinski definition) is 5. The van der Waals surface area contributed by atoms with Gasteiger partial charge >= 0.3 is 5.97 Å². The average molecular weight is 297 g/mol. The van der Waals surface area contributed by atoms with Gasteiger partial charge in [-0.2, -0.15) is 0 Å². The van der Waals surface area contributed by atoms with Crippen LogP contribution in [0, 0.1) is 0 Å². The Balaban J connectivity index is 1.89. The normalized spacial score (nSPS) is 19.1. The van der Waals surface area contributed by atoms with E-state index in [9.17, 15) is 9.59 Å². The Hall–Kier alpha value is -1.70. The van der Waals surface area contributed by atoms with Gasteiger partial charge in [-0.1, -0.05) is 0 Å². The van der Waals surface area contributed by atoms with Gasteiger partial charge in [-0.3, -0.25) is 4.79 Å². The van der Waals surface area contributed by atoms with Crippen molar-refractivity contribution in [2.45, 2.75) is 12.6 Å². The molecule has 0 spiro atoms. The largest absolute Gasteiger partial charge is 0.478 e. The highest BCUT2D eigenvalue weighted by molar-refractivity contribution is 7.10. The summed E-state index contributed by atoms with van der Waals surface area (Å²) in [4.78, 5) is 23.2. The zero-order chi connectivity index (χ0) is 14.4. The molecule has 1 aromatic rings. The Labute approximate surface area is 120 Å². The minimum absolute atomic E-state index is 0.216. The van der Waals surface area contributed by atoms with Gasteiger partial charge < -0.3 is 19.9 Å². The van der Waals surface area contributed by atoms with E-state index in [0.29, 0.717) is 19.8 Å². The van der Waals surface area contributed by atoms with E-state index in [4.69, 9.17) is 14.6 Å². The molecule has 1 unspecified atom stereocenters. The van der Waals surface area contributed by atoms with Crippen LogP contribution in [0.25, 0.3) is 6.08 Å². The lowest BCUT2D eigenvalue weighted by Crippen LogP contribution is -2.42. The van der Waals surface area contributed by atoms with Gasteiger partial charge in [-0.05, 0) is 23.1 Å². The number of hydrogen-bond donors (Lipinski definition) is 2. The molecule has 108 valence electrons. The minimum atomic E-state index is -1.00. The highest BCUT2D eigenvalue weighted by Gasteiger charge is 2.22. The molecule has 1 saturated heterocycles. The zero-order valence-corrected chi connectivity index (χ0v) is 11.5. The number of carbonyl (C=O) groups is 2. The SMILES string of the molecule is O=C(O)/C=C/c1ccsc1CNC(=O)C1COCCO1. The Bertz CT molecular complexity index is 505. The van der Waals surface area contributed by atoms with Gasteiger partial charge in [0, 0.05) is 11.0 Å². The molecular weight excluding hydrogens is 282 g/mol. The Morgan fingerprint density at radius 3 is 3.05 bits per heavy atom. The first-order chi connectivity index (χ1) is 9.66. The molecule has 1 atom stereocenters. The third-order valence-electron chi connectivity index (χ3n) is 2.72. The topological polar surface area (TPSA) is 84.9 Å². The molecule has 1 aliphatic heterocycles. The van der Waals surface area contributed by atoms with Gasteiger partial charge in [0.05, 0.1) is 26.4 Å². The van der Waals surface area contributed by atoms with Crippen LogP contribution in [0.4, 0.5) is 0 Å². The van der Waals surface area contributed by atoms with Crippen LogP contribution in [0.3, 0.4) is 0 Å². The molecule has 0 saturated carbocycles. The molecule has 1 aromatic heterocycles. The van der Waals surface area contributed by atoms with Gasteiger partial charge in [0.1, 0.15) is 0 Å². The standard InChI is InChI=1S/C13H15NO5S/c15-12(16)2-1-9-3-6-20-11(9)7-14-13(17)10-8-18-4-5-19-10/h1-3,6,10H,4-5,7-8H2,(H,14,17)(H,15,16)/b2-1+. The number of ether oxygens (including phenoxy) is 2. The van der Waals surface area contributed by atoms with Gasteiger partial charge in [0.25, 0.3) is 5.91 Å². The van der Waals surface area contributed by atoms with Crippen LogP contribution in [0.1, 0.15) is 10.4 Å². The first kappa shape index (κ1) is 14.7. The fourth-order valence-corrected chi connectivity index (χ4v) is 2.53. The number of nitrogens with one attached hydrogen (secondary N) is 1. The molecule has 1 fully saturated rings. The third kappa shape index (κ3) is 4.16. The maximum Gasteiger partial charge on any atom is 0.328 e. The van der Waals surface area contributed by atoms with E-state index < -0.39 is 12.1 Å². The summed E-state index contributed by atoms with van der Waals surface area (Å²) in [5, 5.41) is 13.2. The van der Waals surface area contributed by atoms with Crippen molar-refractivity contribution in [2.75, 3.05) is 19.8 Å². The van der Waals surface area contributed by atoms with Crippen LogP contribution in [0.2, 0.25) is 0 Å². The molecule has 2 rings (SSSR count). The van der Waals surface area contributed by atoms with Gasteiger partial charge in [-0.15, -0.1) is 11.3 Å². The smallest absolute Gasteiger partial charge is 0.328 e. The van der Waals surface area contributed by atoms with Crippen LogP contribution in [-0.4, -0.2) is 42.9 Å². The second kappa shape index (κ2) is 7.18. The van der Waals surface area contributed by atoms with Crippen LogP contribution < -0.4 is 5.32 Å². The Morgan fingerprint density at radius 1 is 1.50 bits per heavy atom. The quantitative estimate of drug-likeness (QED) is 0.788. The first-order valence-electron chi connectivity index (χ1n) is 6.11. The summed E-state index contributed by atoms with van der Waals surface area (Å²) in [6, 6.07) is 1.81. The lowest BCUT2D eigenvalue weighted by Gasteiger charge is -2.21. The number of carbonyl (C=O) groups excluding carboxylic acids is 1. The fourth-order valence-electron chi connectivity index (χ4n) is 1.72. The number of thiophene rings is 1. The fraction of sp³-hybridized carbons (Fsp3) is 0.385. The summed E-state index contributed by atoms with van der Waals surface area (Å²) in [6.45, 7) is 1.54. The highest BCUT2D eigenvalue weighted by Crippen LogP contribution is 2.18. The number of carboxylic acid groups (broad SMARTS) is 1. The second-order valence-electron chi connectivity index (χ2n) is 4.12. The molecule has 0 radical (unpaired) electrons. The third-order valence-corrected chi connectivity index (χ3v) is 3.65. The Morgan fingerprint density at radius 2 is 2.35 bits per heavy atom. The number of aliphatic carboxylic acids is 1. The van der Waals surface area contributed by atoms with Crippen molar-refractivity contribution in [1.82, 2.24) is 5.32 Å². The molecule has 7 heteroatoms. The maximum atomic E-state index is 11.8. The van der Waals surface area contributed by atoms with Crippen molar-refractivity contribution in [2.24, 2.45) is 0 Å². The summed E-state index contributed by atoms with van der Waals surface area (Å²) >= 11 is 1.46. The van der Waals surface area contributed by atoms with Gasteiger partial charge in [0.15, 0.2) is 6.10 Å². The molecule has 6 nitrogen and oxygen atoms in total. The highest BCUT2D eigenvalue weighted by atomic mass is 32.1. The molecule has 2 N–H and O–H groups in total. The van der Waals surface area contributed by atoms with E-state index >= 15 is 0 Å². The molecule has 20 heavy (non-hydrogen) atoms. The molecule has 1 amide bonds. The number of rotatable bonds is 5. The molecular formula is C13H15NO5S. The van der Waals surface area contributed by atoms with E-state index in [-0.39, 0.29) is 12.5 Å². The van der Waals surface area contributed by atoms with E-state index in [1.54, 1.807) is 0 Å². The zero-order valence-electron chi connectivity index (χ0n) is 10.7. The van der Waals surface area contributed by atoms with Crippen LogP contribution in [-0.2, 0) is 25.6 Å². The first-order valence-corrected chi connectivity index (χ1v) is 6.99. The summed E-state index contributed by atoms with van der Waals surface area (Å²) in [7, 11) is 0. The van der Waals surface area contributed by atoms with Crippen LogP contribution in [0.15, 0.2) is 17.5 Å². The maximum absolute atomic E-state index is 11.8. The number of amides is 1. The van der Waals surface area contributed by atoms with E-state index in [1.165, 1.54) is 17.4 Å². The van der Waals surface area contributed by atoms with Gasteiger partial charge in [0.2, 0.25) is 0 Å². The lowest BCUT2D eigenvalue weighted by molar-refractivity contribution is -0.147. The van der Waals surface area contributed by atoms with Crippen molar-refractivity contribution >= 4 is 29.3 Å². The monoisotopic (exact) mass is 297 g/mol. The van der Waals surface area contributed by atoms with E-state index in [2.05, 4.69) is 5.32 Å². The summed E-state index contributed by atoms with van der Waals surface area (Å²) < 4.78 is 10.5. The van der Waals surface area contributed by atoms with E-state index in [0.717, 1.165) is 16.5 Å². The summed E-state index contributed by atoms with van der Waals surface area (Å²) in [5.41, 5.74) is 0.790. The molecule has 0 bridgehead atoms. The predicted molar refractivity (Wildman–Crippen MR) is 73.4 cm³/mol. The van der Waals surface area contributed by atoms with Crippen molar-refractivity contribution in [3.8, 4) is 0 Å². The predicted octanol–water partition coefficient (Wildman–Crippen LogP) is 0.878. The molecule has 0 aromatic carbocycles. The minimum Gasteiger partial charge on any atom is -0.478 e. The van der Waals surface area contributed by atoms with Gasteiger partial charge in [-0.25, -0.2) is 4.79 Å². The van der Waals surface area contributed by atoms with Crippen molar-refractivity contribution in [3.63, 3.8) is 0 Å². The molecule has 2 heterocycles. The Kier molecular flexibility index (Phi) is 5.28. The lowest BCUT2D eigenvalue weighted by atomic mass is 10.2. The van der Waals surface area contributed by atoms with Crippen molar-refractivity contribution in [3.05, 3.63) is 28.0 Å². The van der Waals surface area contributed by atoms with Crippen molar-refractivity contribution < 1.29 is 24.2 Å². The van der Waals surface area contributed by atoms with E-state index in [1.807, 2.05) is 11.4 Å². The van der Waals surface area contributed by atoms with Crippen LogP contribution >= 0.6 is 11.3 Å². The van der Waals surface area contributed by atoms with Crippen LogP contribution in [0.5, 0.6) is 0 Å². The molecule has 0 aliphatic carbocycles. The summed E-state index contributed by atoms with van der Waals surface area (Å²) in [6.07, 6.45) is 2.02.